The van der Waals surface area contributed by atoms with Crippen LogP contribution in [0.2, 0.25) is 0 Å². The lowest BCUT2D eigenvalue weighted by Gasteiger charge is -2.21. The first-order valence-corrected chi connectivity index (χ1v) is 7.94. The third kappa shape index (κ3) is 2.89. The fourth-order valence-corrected chi connectivity index (χ4v) is 3.63. The molecule has 1 aromatic heterocycles. The summed E-state index contributed by atoms with van der Waals surface area (Å²) in [6.07, 6.45) is 0. The maximum Gasteiger partial charge on any atom is 0.124 e. The van der Waals surface area contributed by atoms with Crippen molar-refractivity contribution in [3.8, 4) is 5.75 Å². The Bertz CT molecular complexity index is 565. The number of hydrogen-bond acceptors (Lipinski definition) is 3. The topological polar surface area (TPSA) is 21.3 Å². The molecule has 1 heterocycles. The zero-order valence-electron chi connectivity index (χ0n) is 12.9. The predicted molar refractivity (Wildman–Crippen MR) is 87.0 cm³/mol. The second-order valence-corrected chi connectivity index (χ2v) is 5.93. The molecule has 2 nitrogen and oxygen atoms in total. The molecule has 0 fully saturated rings. The zero-order valence-corrected chi connectivity index (χ0v) is 13.7. The lowest BCUT2D eigenvalue weighted by molar-refractivity contribution is 0.408. The summed E-state index contributed by atoms with van der Waals surface area (Å²) in [5.41, 5.74) is 6.42. The summed E-state index contributed by atoms with van der Waals surface area (Å²) in [6.45, 7) is 9.50. The molecule has 1 aromatic carbocycles. The van der Waals surface area contributed by atoms with E-state index in [0.717, 1.165) is 12.3 Å². The molecule has 0 spiro atoms. The first-order valence-electron chi connectivity index (χ1n) is 6.99. The highest BCUT2D eigenvalue weighted by atomic mass is 32.1. The molecule has 0 aliphatic heterocycles. The molecule has 20 heavy (non-hydrogen) atoms. The van der Waals surface area contributed by atoms with Gasteiger partial charge in [0.2, 0.25) is 0 Å². The first-order chi connectivity index (χ1) is 9.58. The van der Waals surface area contributed by atoms with Crippen LogP contribution < -0.4 is 10.1 Å². The second kappa shape index (κ2) is 6.42. The Balaban J connectivity index is 2.48. The van der Waals surface area contributed by atoms with E-state index in [1.54, 1.807) is 18.4 Å². The largest absolute Gasteiger partial charge is 0.496 e. The summed E-state index contributed by atoms with van der Waals surface area (Å²) in [4.78, 5) is 0. The van der Waals surface area contributed by atoms with E-state index in [0.29, 0.717) is 0 Å². The van der Waals surface area contributed by atoms with Gasteiger partial charge in [0.25, 0.3) is 0 Å². The molecule has 0 aliphatic rings. The van der Waals surface area contributed by atoms with Crippen molar-refractivity contribution in [3.05, 3.63) is 50.7 Å². The smallest absolute Gasteiger partial charge is 0.124 e. The minimum atomic E-state index is 0.259. The van der Waals surface area contributed by atoms with E-state index in [2.05, 4.69) is 55.9 Å². The fourth-order valence-electron chi connectivity index (χ4n) is 2.75. The van der Waals surface area contributed by atoms with Crippen molar-refractivity contribution in [2.24, 2.45) is 0 Å². The summed E-state index contributed by atoms with van der Waals surface area (Å²) < 4.78 is 5.47. The van der Waals surface area contributed by atoms with Crippen molar-refractivity contribution in [1.29, 1.82) is 0 Å². The molecule has 0 amide bonds. The van der Waals surface area contributed by atoms with Crippen LogP contribution in [0.1, 0.15) is 40.8 Å². The summed E-state index contributed by atoms with van der Waals surface area (Å²) in [7, 11) is 1.74. The minimum Gasteiger partial charge on any atom is -0.496 e. The van der Waals surface area contributed by atoms with Gasteiger partial charge in [-0.2, -0.15) is 11.3 Å². The van der Waals surface area contributed by atoms with Crippen molar-refractivity contribution < 1.29 is 4.74 Å². The van der Waals surface area contributed by atoms with E-state index >= 15 is 0 Å². The average molecular weight is 289 g/mol. The van der Waals surface area contributed by atoms with Crippen LogP contribution in [0.25, 0.3) is 0 Å². The molecule has 2 rings (SSSR count). The SMILES string of the molecule is CCNC(c1cc(C)c(OC)c(C)c1)c1cscc1C. The number of ether oxygens (including phenoxy) is 1. The van der Waals surface area contributed by atoms with Gasteiger partial charge in [0, 0.05) is 0 Å². The second-order valence-electron chi connectivity index (χ2n) is 5.19. The molecule has 108 valence electrons. The van der Waals surface area contributed by atoms with Crippen LogP contribution in [-0.2, 0) is 0 Å². The van der Waals surface area contributed by atoms with Gasteiger partial charge in [0.05, 0.1) is 13.2 Å². The van der Waals surface area contributed by atoms with Gasteiger partial charge in [-0.25, -0.2) is 0 Å². The fraction of sp³-hybridized carbons (Fsp3) is 0.412. The predicted octanol–water partition coefficient (Wildman–Crippen LogP) is 4.38. The lowest BCUT2D eigenvalue weighted by atomic mass is 9.94. The van der Waals surface area contributed by atoms with E-state index in [9.17, 15) is 0 Å². The number of methoxy groups -OCH3 is 1. The van der Waals surface area contributed by atoms with Crippen molar-refractivity contribution in [1.82, 2.24) is 5.32 Å². The molecular formula is C17H23NOS. The molecule has 0 saturated heterocycles. The highest BCUT2D eigenvalue weighted by Gasteiger charge is 2.18. The maximum absolute atomic E-state index is 5.47. The first kappa shape index (κ1) is 15.1. The number of nitrogens with one attached hydrogen (secondary N) is 1. The van der Waals surface area contributed by atoms with E-state index in [1.807, 2.05) is 0 Å². The molecule has 1 unspecified atom stereocenters. The Labute approximate surface area is 125 Å². The Morgan fingerprint density at radius 3 is 2.20 bits per heavy atom. The number of hydrogen-bond donors (Lipinski definition) is 1. The van der Waals surface area contributed by atoms with Gasteiger partial charge < -0.3 is 10.1 Å². The third-order valence-corrected chi connectivity index (χ3v) is 4.51. The molecule has 0 bridgehead atoms. The Hall–Kier alpha value is -1.32. The van der Waals surface area contributed by atoms with Crippen molar-refractivity contribution >= 4 is 11.3 Å². The summed E-state index contributed by atoms with van der Waals surface area (Å²) in [5.74, 6) is 0.992. The van der Waals surface area contributed by atoms with Crippen LogP contribution in [0.3, 0.4) is 0 Å². The van der Waals surface area contributed by atoms with Gasteiger partial charge in [0.15, 0.2) is 0 Å². The number of benzene rings is 1. The summed E-state index contributed by atoms with van der Waals surface area (Å²) in [6, 6.07) is 4.72. The highest BCUT2D eigenvalue weighted by Crippen LogP contribution is 2.32. The van der Waals surface area contributed by atoms with Crippen molar-refractivity contribution in [2.75, 3.05) is 13.7 Å². The van der Waals surface area contributed by atoms with Crippen molar-refractivity contribution in [2.45, 2.75) is 33.7 Å². The summed E-state index contributed by atoms with van der Waals surface area (Å²) >= 11 is 1.77. The number of rotatable bonds is 5. The van der Waals surface area contributed by atoms with E-state index in [4.69, 9.17) is 4.74 Å². The van der Waals surface area contributed by atoms with Gasteiger partial charge in [-0.1, -0.05) is 19.1 Å². The Morgan fingerprint density at radius 1 is 1.10 bits per heavy atom. The zero-order chi connectivity index (χ0) is 14.7. The van der Waals surface area contributed by atoms with E-state index < -0.39 is 0 Å². The minimum absolute atomic E-state index is 0.259. The molecule has 3 heteroatoms. The van der Waals surface area contributed by atoms with Gasteiger partial charge in [0.1, 0.15) is 5.75 Å². The molecule has 2 aromatic rings. The monoisotopic (exact) mass is 289 g/mol. The number of aryl methyl sites for hydroxylation is 3. The molecule has 1 N–H and O–H groups in total. The van der Waals surface area contributed by atoms with Crippen LogP contribution in [0.15, 0.2) is 22.9 Å². The normalized spacial score (nSPS) is 12.4. The van der Waals surface area contributed by atoms with Gasteiger partial charge in [-0.15, -0.1) is 0 Å². The van der Waals surface area contributed by atoms with Crippen LogP contribution in [0, 0.1) is 20.8 Å². The van der Waals surface area contributed by atoms with Crippen LogP contribution in [-0.4, -0.2) is 13.7 Å². The van der Waals surface area contributed by atoms with Gasteiger partial charge >= 0.3 is 0 Å². The quantitative estimate of drug-likeness (QED) is 0.882. The van der Waals surface area contributed by atoms with Gasteiger partial charge in [-0.05, 0) is 65.9 Å². The Kier molecular flexibility index (Phi) is 4.84. The average Bonchev–Trinajstić information content (AvgIpc) is 2.81. The molecule has 0 saturated carbocycles. The van der Waals surface area contributed by atoms with Crippen LogP contribution >= 0.6 is 11.3 Å². The molecule has 0 aliphatic carbocycles. The summed E-state index contributed by atoms with van der Waals surface area (Å²) in [5, 5.41) is 8.06. The number of thiophene rings is 1. The molecule has 0 radical (unpaired) electrons. The third-order valence-electron chi connectivity index (χ3n) is 3.63. The van der Waals surface area contributed by atoms with E-state index in [-0.39, 0.29) is 6.04 Å². The molecule has 1 atom stereocenters. The van der Waals surface area contributed by atoms with Crippen molar-refractivity contribution in [3.63, 3.8) is 0 Å². The highest BCUT2D eigenvalue weighted by molar-refractivity contribution is 7.08. The Morgan fingerprint density at radius 2 is 1.75 bits per heavy atom. The lowest BCUT2D eigenvalue weighted by Crippen LogP contribution is -2.22. The van der Waals surface area contributed by atoms with E-state index in [1.165, 1.54) is 27.8 Å². The molecular weight excluding hydrogens is 266 g/mol. The van der Waals surface area contributed by atoms with Gasteiger partial charge in [-0.3, -0.25) is 0 Å². The maximum atomic E-state index is 5.47. The van der Waals surface area contributed by atoms with Crippen LogP contribution in [0.4, 0.5) is 0 Å². The van der Waals surface area contributed by atoms with Crippen LogP contribution in [0.5, 0.6) is 5.75 Å². The standard InChI is InChI=1S/C17H23NOS/c1-6-18-16(15-10-20-9-13(15)4)14-7-11(2)17(19-5)12(3)8-14/h7-10,16,18H,6H2,1-5H3.